The fraction of sp³-hybridized carbons (Fsp3) is 0.333. The van der Waals surface area contributed by atoms with Gasteiger partial charge >= 0.3 is 5.97 Å². The molecule has 5 nitrogen and oxygen atoms in total. The van der Waals surface area contributed by atoms with Crippen molar-refractivity contribution in [2.24, 2.45) is 0 Å². The van der Waals surface area contributed by atoms with Crippen molar-refractivity contribution in [2.75, 3.05) is 25.0 Å². The van der Waals surface area contributed by atoms with E-state index in [0.717, 1.165) is 12.5 Å². The van der Waals surface area contributed by atoms with Gasteiger partial charge in [-0.25, -0.2) is 9.18 Å². The van der Waals surface area contributed by atoms with E-state index in [-0.39, 0.29) is 18.1 Å². The Balaban J connectivity index is 2.94. The van der Waals surface area contributed by atoms with Gasteiger partial charge in [0.1, 0.15) is 5.82 Å². The second kappa shape index (κ2) is 8.04. The molecule has 0 aliphatic carbocycles. The number of carboxylic acid groups (broad SMARTS) is 1. The highest BCUT2D eigenvalue weighted by Crippen LogP contribution is 2.24. The number of carboxylic acids is 1. The minimum absolute atomic E-state index is 0.00511. The maximum Gasteiger partial charge on any atom is 0.328 e. The lowest BCUT2D eigenvalue weighted by Crippen LogP contribution is -2.36. The quantitative estimate of drug-likeness (QED) is 0.753. The third-order valence-corrected chi connectivity index (χ3v) is 2.76. The van der Waals surface area contributed by atoms with Gasteiger partial charge in [-0.05, 0) is 18.6 Å². The van der Waals surface area contributed by atoms with Crippen molar-refractivity contribution in [1.29, 1.82) is 0 Å². The third-order valence-electron chi connectivity index (χ3n) is 2.76. The lowest BCUT2D eigenvalue weighted by atomic mass is 10.1. The molecule has 0 unspecified atom stereocenters. The van der Waals surface area contributed by atoms with E-state index >= 15 is 0 Å². The van der Waals surface area contributed by atoms with Gasteiger partial charge in [-0.1, -0.05) is 19.1 Å². The molecule has 1 rings (SSSR count). The lowest BCUT2D eigenvalue weighted by Gasteiger charge is -2.21. The predicted molar refractivity (Wildman–Crippen MR) is 79.6 cm³/mol. The number of hydrogen-bond acceptors (Lipinski definition) is 3. The van der Waals surface area contributed by atoms with Crippen LogP contribution in [0.25, 0.3) is 6.08 Å². The van der Waals surface area contributed by atoms with Gasteiger partial charge in [0.15, 0.2) is 0 Å². The van der Waals surface area contributed by atoms with Crippen molar-refractivity contribution in [3.8, 4) is 0 Å². The van der Waals surface area contributed by atoms with E-state index in [1.807, 2.05) is 6.92 Å². The smallest absolute Gasteiger partial charge is 0.328 e. The van der Waals surface area contributed by atoms with Crippen LogP contribution in [0.3, 0.4) is 0 Å². The highest BCUT2D eigenvalue weighted by molar-refractivity contribution is 5.88. The highest BCUT2D eigenvalue weighted by atomic mass is 19.1. The zero-order chi connectivity index (χ0) is 15.8. The number of nitrogens with one attached hydrogen (secondary N) is 1. The first-order valence-corrected chi connectivity index (χ1v) is 6.63. The average Bonchev–Trinajstić information content (AvgIpc) is 2.42. The zero-order valence-electron chi connectivity index (χ0n) is 12.1. The summed E-state index contributed by atoms with van der Waals surface area (Å²) in [7, 11) is 1.59. The van der Waals surface area contributed by atoms with Crippen LogP contribution in [-0.2, 0) is 9.59 Å². The summed E-state index contributed by atoms with van der Waals surface area (Å²) in [6.45, 7) is 2.50. The van der Waals surface area contributed by atoms with Crippen LogP contribution in [0.4, 0.5) is 10.1 Å². The summed E-state index contributed by atoms with van der Waals surface area (Å²) < 4.78 is 14.0. The number of nitrogens with zero attached hydrogens (tertiary/aromatic N) is 1. The molecule has 0 aromatic heterocycles. The van der Waals surface area contributed by atoms with Crippen LogP contribution < -0.4 is 10.2 Å². The van der Waals surface area contributed by atoms with E-state index in [2.05, 4.69) is 5.32 Å². The Bertz CT molecular complexity index is 544. The molecule has 0 aliphatic rings. The first-order valence-electron chi connectivity index (χ1n) is 6.63. The van der Waals surface area contributed by atoms with E-state index in [4.69, 9.17) is 5.11 Å². The maximum absolute atomic E-state index is 14.0. The normalized spacial score (nSPS) is 10.6. The zero-order valence-corrected chi connectivity index (χ0v) is 12.1. The van der Waals surface area contributed by atoms with E-state index in [9.17, 15) is 14.0 Å². The number of benzene rings is 1. The fourth-order valence-electron chi connectivity index (χ4n) is 1.85. The topological polar surface area (TPSA) is 69.6 Å². The van der Waals surface area contributed by atoms with Crippen LogP contribution in [0.2, 0.25) is 0 Å². The third kappa shape index (κ3) is 5.25. The van der Waals surface area contributed by atoms with E-state index in [1.165, 1.54) is 23.1 Å². The van der Waals surface area contributed by atoms with E-state index < -0.39 is 11.8 Å². The molecule has 114 valence electrons. The Kier molecular flexibility index (Phi) is 6.39. The molecule has 0 saturated heterocycles. The van der Waals surface area contributed by atoms with Crippen molar-refractivity contribution >= 4 is 23.6 Å². The van der Waals surface area contributed by atoms with Gasteiger partial charge in [0, 0.05) is 25.2 Å². The largest absolute Gasteiger partial charge is 0.478 e. The Morgan fingerprint density at radius 2 is 2.14 bits per heavy atom. The Labute approximate surface area is 123 Å². The number of amides is 1. The number of rotatable bonds is 7. The molecule has 0 radical (unpaired) electrons. The van der Waals surface area contributed by atoms with Gasteiger partial charge in [-0.15, -0.1) is 0 Å². The molecule has 0 atom stereocenters. The summed E-state index contributed by atoms with van der Waals surface area (Å²) in [6.07, 6.45) is 3.06. The van der Waals surface area contributed by atoms with Crippen LogP contribution in [0.1, 0.15) is 18.9 Å². The van der Waals surface area contributed by atoms with Gasteiger partial charge in [-0.3, -0.25) is 4.79 Å². The van der Waals surface area contributed by atoms with Gasteiger partial charge in [0.25, 0.3) is 0 Å². The highest BCUT2D eigenvalue weighted by Gasteiger charge is 2.14. The molecular formula is C15H19FN2O3. The minimum Gasteiger partial charge on any atom is -0.478 e. The molecule has 0 spiro atoms. The molecule has 0 saturated carbocycles. The summed E-state index contributed by atoms with van der Waals surface area (Å²) >= 11 is 0. The molecule has 0 aliphatic heterocycles. The number of anilines is 1. The Morgan fingerprint density at radius 1 is 1.43 bits per heavy atom. The van der Waals surface area contributed by atoms with Crippen LogP contribution in [0.15, 0.2) is 24.3 Å². The number of para-hydroxylation sites is 1. The number of carbonyl (C=O) groups excluding carboxylic acids is 1. The van der Waals surface area contributed by atoms with Gasteiger partial charge in [0.05, 0.1) is 12.2 Å². The first-order chi connectivity index (χ1) is 9.95. The molecule has 0 bridgehead atoms. The summed E-state index contributed by atoms with van der Waals surface area (Å²) in [5.41, 5.74) is 0.602. The van der Waals surface area contributed by atoms with Gasteiger partial charge < -0.3 is 15.3 Å². The fourth-order valence-corrected chi connectivity index (χ4v) is 1.85. The summed E-state index contributed by atoms with van der Waals surface area (Å²) in [5, 5.41) is 11.4. The predicted octanol–water partition coefficient (Wildman–Crippen LogP) is 1.89. The molecular weight excluding hydrogens is 275 g/mol. The molecule has 6 heteroatoms. The maximum atomic E-state index is 14.0. The summed E-state index contributed by atoms with van der Waals surface area (Å²) in [6, 6.07) is 4.36. The van der Waals surface area contributed by atoms with Crippen molar-refractivity contribution in [3.05, 3.63) is 35.7 Å². The van der Waals surface area contributed by atoms with Crippen LogP contribution >= 0.6 is 0 Å². The second-order valence-electron chi connectivity index (χ2n) is 4.56. The molecule has 0 heterocycles. The first kappa shape index (κ1) is 16.7. The Morgan fingerprint density at radius 3 is 2.76 bits per heavy atom. The minimum atomic E-state index is -1.12. The SMILES string of the molecule is CCCNC(=O)CN(C)c1c(F)cccc1/C=C/C(=O)O. The average molecular weight is 294 g/mol. The van der Waals surface area contributed by atoms with Crippen LogP contribution in [0, 0.1) is 5.82 Å². The molecule has 1 aromatic rings. The number of carbonyl (C=O) groups is 2. The van der Waals surface area contributed by atoms with Crippen molar-refractivity contribution in [3.63, 3.8) is 0 Å². The molecule has 21 heavy (non-hydrogen) atoms. The van der Waals surface area contributed by atoms with Crippen molar-refractivity contribution in [2.45, 2.75) is 13.3 Å². The van der Waals surface area contributed by atoms with E-state index in [1.54, 1.807) is 13.1 Å². The van der Waals surface area contributed by atoms with Crippen LogP contribution in [0.5, 0.6) is 0 Å². The number of aliphatic carboxylic acids is 1. The van der Waals surface area contributed by atoms with Gasteiger partial charge in [-0.2, -0.15) is 0 Å². The molecule has 2 N–H and O–H groups in total. The number of likely N-dealkylation sites (N-methyl/N-ethyl adjacent to an activating group) is 1. The molecule has 0 fully saturated rings. The second-order valence-corrected chi connectivity index (χ2v) is 4.56. The lowest BCUT2D eigenvalue weighted by molar-refractivity contribution is -0.131. The van der Waals surface area contributed by atoms with Crippen LogP contribution in [-0.4, -0.2) is 37.1 Å². The van der Waals surface area contributed by atoms with Crippen molar-refractivity contribution in [1.82, 2.24) is 5.32 Å². The summed E-state index contributed by atoms with van der Waals surface area (Å²) in [5.74, 6) is -1.84. The molecule has 1 aromatic carbocycles. The summed E-state index contributed by atoms with van der Waals surface area (Å²) in [4.78, 5) is 23.7. The standard InChI is InChI=1S/C15H19FN2O3/c1-3-9-17-13(19)10-18(2)15-11(7-8-14(20)21)5-4-6-12(15)16/h4-8H,3,9-10H2,1-2H3,(H,17,19)(H,20,21)/b8-7+. The Hall–Kier alpha value is -2.37. The molecule has 1 amide bonds. The monoisotopic (exact) mass is 294 g/mol. The number of hydrogen-bond donors (Lipinski definition) is 2. The van der Waals surface area contributed by atoms with Crippen molar-refractivity contribution < 1.29 is 19.1 Å². The number of halogens is 1. The van der Waals surface area contributed by atoms with E-state index in [0.29, 0.717) is 12.1 Å². The van der Waals surface area contributed by atoms with Gasteiger partial charge in [0.2, 0.25) is 5.91 Å².